The molecule has 0 spiro atoms. The van der Waals surface area contributed by atoms with Crippen LogP contribution < -0.4 is 5.32 Å². The predicted molar refractivity (Wildman–Crippen MR) is 68.0 cm³/mol. The number of ether oxygens (including phenoxy) is 1. The van der Waals surface area contributed by atoms with Gasteiger partial charge in [-0.15, -0.1) is 0 Å². The Morgan fingerprint density at radius 2 is 2.35 bits per heavy atom. The summed E-state index contributed by atoms with van der Waals surface area (Å²) in [4.78, 5) is 0. The minimum Gasteiger partial charge on any atom is -0.508 e. The van der Waals surface area contributed by atoms with Crippen molar-refractivity contribution in [2.45, 2.75) is 32.4 Å². The minimum absolute atomic E-state index is 0.259. The van der Waals surface area contributed by atoms with Gasteiger partial charge in [0.25, 0.3) is 0 Å². The molecule has 1 saturated heterocycles. The van der Waals surface area contributed by atoms with E-state index >= 15 is 0 Å². The molecule has 2 N–H and O–H groups in total. The highest BCUT2D eigenvalue weighted by Gasteiger charge is 2.24. The molecular formula is C14H21NO2. The summed E-state index contributed by atoms with van der Waals surface area (Å²) in [6.07, 6.45) is 1.50. The first kappa shape index (κ1) is 12.4. The summed E-state index contributed by atoms with van der Waals surface area (Å²) in [6.45, 7) is 6.11. The van der Waals surface area contributed by atoms with E-state index in [0.717, 1.165) is 25.1 Å². The fourth-order valence-electron chi connectivity index (χ4n) is 2.28. The van der Waals surface area contributed by atoms with Crippen LogP contribution in [0.15, 0.2) is 24.3 Å². The fraction of sp³-hybridized carbons (Fsp3) is 0.571. The monoisotopic (exact) mass is 235 g/mol. The molecular weight excluding hydrogens is 214 g/mol. The Balaban J connectivity index is 1.86. The average molecular weight is 235 g/mol. The van der Waals surface area contributed by atoms with Gasteiger partial charge < -0.3 is 15.2 Å². The summed E-state index contributed by atoms with van der Waals surface area (Å²) in [5.41, 5.74) is 1.12. The molecule has 3 heteroatoms. The van der Waals surface area contributed by atoms with Crippen LogP contribution in [0.3, 0.4) is 0 Å². The topological polar surface area (TPSA) is 41.5 Å². The molecule has 3 unspecified atom stereocenters. The second-order valence-corrected chi connectivity index (χ2v) is 4.85. The van der Waals surface area contributed by atoms with Gasteiger partial charge in [0.15, 0.2) is 0 Å². The van der Waals surface area contributed by atoms with E-state index in [1.54, 1.807) is 6.07 Å². The Labute approximate surface area is 103 Å². The number of hydrogen-bond acceptors (Lipinski definition) is 3. The molecule has 3 atom stereocenters. The molecule has 17 heavy (non-hydrogen) atoms. The van der Waals surface area contributed by atoms with Gasteiger partial charge in [0.2, 0.25) is 0 Å². The van der Waals surface area contributed by atoms with Gasteiger partial charge in [-0.05, 0) is 43.9 Å². The van der Waals surface area contributed by atoms with Crippen molar-refractivity contribution in [2.75, 3.05) is 13.2 Å². The van der Waals surface area contributed by atoms with Gasteiger partial charge in [0, 0.05) is 19.2 Å². The molecule has 1 heterocycles. The van der Waals surface area contributed by atoms with Gasteiger partial charge in [-0.3, -0.25) is 0 Å². The lowest BCUT2D eigenvalue weighted by Gasteiger charge is -2.19. The number of phenolic OH excluding ortho intramolecular Hbond substituents is 1. The summed E-state index contributed by atoms with van der Waals surface area (Å²) in [5, 5.41) is 12.9. The van der Waals surface area contributed by atoms with Crippen LogP contribution in [0.2, 0.25) is 0 Å². The highest BCUT2D eigenvalue weighted by atomic mass is 16.5. The summed E-state index contributed by atoms with van der Waals surface area (Å²) in [7, 11) is 0. The van der Waals surface area contributed by atoms with E-state index in [9.17, 15) is 5.11 Å². The third-order valence-electron chi connectivity index (χ3n) is 3.59. The SMILES string of the molecule is CC(NCC1CCOC1C)c1cccc(O)c1. The van der Waals surface area contributed by atoms with Crippen molar-refractivity contribution in [3.05, 3.63) is 29.8 Å². The number of aromatic hydroxyl groups is 1. The Morgan fingerprint density at radius 3 is 3.00 bits per heavy atom. The van der Waals surface area contributed by atoms with E-state index in [2.05, 4.69) is 19.2 Å². The summed E-state index contributed by atoms with van der Waals surface area (Å²) in [5.74, 6) is 0.934. The minimum atomic E-state index is 0.259. The Kier molecular flexibility index (Phi) is 4.02. The quantitative estimate of drug-likeness (QED) is 0.842. The van der Waals surface area contributed by atoms with Crippen LogP contribution in [0.4, 0.5) is 0 Å². The normalized spacial score (nSPS) is 26.0. The van der Waals surface area contributed by atoms with Crippen molar-refractivity contribution in [1.29, 1.82) is 0 Å². The summed E-state index contributed by atoms with van der Waals surface area (Å²) < 4.78 is 5.54. The first-order valence-corrected chi connectivity index (χ1v) is 6.30. The molecule has 0 amide bonds. The van der Waals surface area contributed by atoms with E-state index in [1.807, 2.05) is 18.2 Å². The standard InChI is InChI=1S/C14H21NO2/c1-10(12-4-3-5-14(16)8-12)15-9-13-6-7-17-11(13)2/h3-5,8,10-11,13,15-16H,6-7,9H2,1-2H3. The molecule has 0 bridgehead atoms. The van der Waals surface area contributed by atoms with Gasteiger partial charge in [0.05, 0.1) is 6.10 Å². The second kappa shape index (κ2) is 5.52. The third-order valence-corrected chi connectivity index (χ3v) is 3.59. The molecule has 1 fully saturated rings. The maximum absolute atomic E-state index is 9.44. The maximum Gasteiger partial charge on any atom is 0.115 e. The average Bonchev–Trinajstić information content (AvgIpc) is 2.72. The van der Waals surface area contributed by atoms with Crippen LogP contribution in [-0.4, -0.2) is 24.4 Å². The zero-order valence-corrected chi connectivity index (χ0v) is 10.5. The molecule has 1 aromatic carbocycles. The van der Waals surface area contributed by atoms with Crippen molar-refractivity contribution in [1.82, 2.24) is 5.32 Å². The van der Waals surface area contributed by atoms with Gasteiger partial charge in [-0.2, -0.15) is 0 Å². The van der Waals surface area contributed by atoms with Gasteiger partial charge in [-0.1, -0.05) is 12.1 Å². The summed E-state index contributed by atoms with van der Waals surface area (Å²) in [6, 6.07) is 7.68. The molecule has 2 rings (SSSR count). The molecule has 0 radical (unpaired) electrons. The van der Waals surface area contributed by atoms with E-state index < -0.39 is 0 Å². The van der Waals surface area contributed by atoms with Crippen LogP contribution in [0.1, 0.15) is 31.9 Å². The van der Waals surface area contributed by atoms with Gasteiger partial charge >= 0.3 is 0 Å². The van der Waals surface area contributed by atoms with E-state index in [1.165, 1.54) is 0 Å². The highest BCUT2D eigenvalue weighted by molar-refractivity contribution is 5.28. The van der Waals surface area contributed by atoms with Crippen molar-refractivity contribution in [2.24, 2.45) is 5.92 Å². The molecule has 0 aliphatic carbocycles. The largest absolute Gasteiger partial charge is 0.508 e. The number of benzene rings is 1. The van der Waals surface area contributed by atoms with E-state index in [4.69, 9.17) is 4.74 Å². The summed E-state index contributed by atoms with van der Waals surface area (Å²) >= 11 is 0. The second-order valence-electron chi connectivity index (χ2n) is 4.85. The Bertz CT molecular complexity index is 367. The van der Waals surface area contributed by atoms with Crippen molar-refractivity contribution in [3.63, 3.8) is 0 Å². The third kappa shape index (κ3) is 3.20. The molecule has 0 saturated carbocycles. The number of nitrogens with one attached hydrogen (secondary N) is 1. The number of rotatable bonds is 4. The number of hydrogen-bond donors (Lipinski definition) is 2. The Morgan fingerprint density at radius 1 is 1.53 bits per heavy atom. The van der Waals surface area contributed by atoms with Crippen LogP contribution in [0.25, 0.3) is 0 Å². The lowest BCUT2D eigenvalue weighted by atomic mass is 10.0. The highest BCUT2D eigenvalue weighted by Crippen LogP contribution is 2.22. The zero-order chi connectivity index (χ0) is 12.3. The zero-order valence-electron chi connectivity index (χ0n) is 10.5. The molecule has 94 valence electrons. The molecule has 1 aromatic rings. The smallest absolute Gasteiger partial charge is 0.115 e. The van der Waals surface area contributed by atoms with E-state index in [-0.39, 0.29) is 6.04 Å². The van der Waals surface area contributed by atoms with Crippen molar-refractivity contribution in [3.8, 4) is 5.75 Å². The molecule has 1 aliphatic heterocycles. The van der Waals surface area contributed by atoms with Crippen molar-refractivity contribution >= 4 is 0 Å². The van der Waals surface area contributed by atoms with Crippen molar-refractivity contribution < 1.29 is 9.84 Å². The molecule has 1 aliphatic rings. The first-order valence-electron chi connectivity index (χ1n) is 6.30. The van der Waals surface area contributed by atoms with Crippen LogP contribution in [0.5, 0.6) is 5.75 Å². The number of phenols is 1. The van der Waals surface area contributed by atoms with Gasteiger partial charge in [-0.25, -0.2) is 0 Å². The lowest BCUT2D eigenvalue weighted by molar-refractivity contribution is 0.105. The van der Waals surface area contributed by atoms with E-state index in [0.29, 0.717) is 17.8 Å². The fourth-order valence-corrected chi connectivity index (χ4v) is 2.28. The molecule has 3 nitrogen and oxygen atoms in total. The maximum atomic E-state index is 9.44. The van der Waals surface area contributed by atoms with Crippen LogP contribution in [-0.2, 0) is 4.74 Å². The first-order chi connectivity index (χ1) is 8.16. The molecule has 0 aromatic heterocycles. The predicted octanol–water partition coefficient (Wildman–Crippen LogP) is 2.47. The Hall–Kier alpha value is -1.06. The van der Waals surface area contributed by atoms with Crippen LogP contribution >= 0.6 is 0 Å². The van der Waals surface area contributed by atoms with Crippen LogP contribution in [0, 0.1) is 5.92 Å². The van der Waals surface area contributed by atoms with Gasteiger partial charge in [0.1, 0.15) is 5.75 Å². The lowest BCUT2D eigenvalue weighted by Crippen LogP contribution is -2.29.